The zero-order chi connectivity index (χ0) is 19.6. The summed E-state index contributed by atoms with van der Waals surface area (Å²) in [5, 5.41) is 11.1. The van der Waals surface area contributed by atoms with Gasteiger partial charge in [0.05, 0.1) is 22.2 Å². The maximum Gasteiger partial charge on any atom is 0.325 e. The molecule has 0 radical (unpaired) electrons. The number of fused-ring (bicyclic) bond motifs is 1. The summed E-state index contributed by atoms with van der Waals surface area (Å²) < 4.78 is 7.52. The van der Waals surface area contributed by atoms with E-state index >= 15 is 0 Å². The van der Waals surface area contributed by atoms with Crippen molar-refractivity contribution in [3.63, 3.8) is 0 Å². The number of nitro groups is 1. The molecule has 0 aliphatic heterocycles. The summed E-state index contributed by atoms with van der Waals surface area (Å²) in [5.74, 6) is -1.05. The van der Waals surface area contributed by atoms with Crippen LogP contribution >= 0.6 is 27.3 Å². The second-order valence-electron chi connectivity index (χ2n) is 5.38. The van der Waals surface area contributed by atoms with Gasteiger partial charge in [0.2, 0.25) is 0 Å². The number of carbonyl (C=O) groups excluding carboxylic acids is 2. The van der Waals surface area contributed by atoms with Gasteiger partial charge in [-0.05, 0) is 24.3 Å². The van der Waals surface area contributed by atoms with Crippen molar-refractivity contribution in [1.29, 1.82) is 0 Å². The molecule has 0 atom stereocenters. The fraction of sp³-hybridized carbons (Fsp3) is 0.118. The van der Waals surface area contributed by atoms with E-state index in [1.54, 1.807) is 30.3 Å². The lowest BCUT2D eigenvalue weighted by atomic mass is 10.2. The van der Waals surface area contributed by atoms with Crippen molar-refractivity contribution >= 4 is 55.0 Å². The predicted molar refractivity (Wildman–Crippen MR) is 103 cm³/mol. The highest BCUT2D eigenvalue weighted by atomic mass is 79.9. The topological polar surface area (TPSA) is 104 Å². The Kier molecular flexibility index (Phi) is 5.47. The first-order valence-corrected chi connectivity index (χ1v) is 9.19. The van der Waals surface area contributed by atoms with Crippen LogP contribution in [0.25, 0.3) is 10.2 Å². The van der Waals surface area contributed by atoms with Crippen molar-refractivity contribution in [2.45, 2.75) is 6.54 Å². The largest absolute Gasteiger partial charge is 0.468 e. The molecule has 0 unspecified atom stereocenters. The molecule has 0 spiro atoms. The minimum atomic E-state index is -0.558. The minimum Gasteiger partial charge on any atom is -0.468 e. The molecular weight excluding hydrogens is 438 g/mol. The van der Waals surface area contributed by atoms with Gasteiger partial charge in [0, 0.05) is 22.2 Å². The molecule has 8 nitrogen and oxygen atoms in total. The summed E-state index contributed by atoms with van der Waals surface area (Å²) in [7, 11) is 1.24. The van der Waals surface area contributed by atoms with Crippen LogP contribution in [0.4, 0.5) is 5.69 Å². The highest BCUT2D eigenvalue weighted by Crippen LogP contribution is 2.23. The zero-order valence-corrected chi connectivity index (χ0v) is 16.3. The fourth-order valence-corrected chi connectivity index (χ4v) is 3.78. The number of hydrogen-bond donors (Lipinski definition) is 0. The van der Waals surface area contributed by atoms with Crippen molar-refractivity contribution in [2.24, 2.45) is 4.99 Å². The quantitative estimate of drug-likeness (QED) is 0.345. The van der Waals surface area contributed by atoms with E-state index in [1.165, 1.54) is 23.8 Å². The van der Waals surface area contributed by atoms with Crippen LogP contribution in [-0.2, 0) is 16.1 Å². The summed E-state index contributed by atoms with van der Waals surface area (Å²) in [6.45, 7) is -0.220. The molecule has 3 aromatic rings. The number of non-ortho nitro benzene ring substituents is 1. The predicted octanol–water partition coefficient (Wildman–Crippen LogP) is 3.29. The monoisotopic (exact) mass is 449 g/mol. The van der Waals surface area contributed by atoms with E-state index in [9.17, 15) is 19.7 Å². The Morgan fingerprint density at radius 3 is 2.74 bits per heavy atom. The Morgan fingerprint density at radius 1 is 1.30 bits per heavy atom. The van der Waals surface area contributed by atoms with Gasteiger partial charge in [-0.1, -0.05) is 33.3 Å². The van der Waals surface area contributed by atoms with E-state index in [4.69, 9.17) is 0 Å². The first kappa shape index (κ1) is 18.9. The molecule has 2 aromatic carbocycles. The normalized spacial score (nSPS) is 11.6. The molecule has 0 saturated heterocycles. The number of carbonyl (C=O) groups is 2. The zero-order valence-electron chi connectivity index (χ0n) is 13.9. The summed E-state index contributed by atoms with van der Waals surface area (Å²) in [6, 6.07) is 11.0. The maximum atomic E-state index is 12.5. The van der Waals surface area contributed by atoms with E-state index in [1.807, 2.05) is 0 Å². The first-order valence-electron chi connectivity index (χ1n) is 7.58. The van der Waals surface area contributed by atoms with Crippen molar-refractivity contribution in [3.8, 4) is 0 Å². The molecule has 0 saturated carbocycles. The van der Waals surface area contributed by atoms with Gasteiger partial charge in [-0.3, -0.25) is 19.7 Å². The van der Waals surface area contributed by atoms with Gasteiger partial charge < -0.3 is 9.30 Å². The molecule has 10 heteroatoms. The van der Waals surface area contributed by atoms with Crippen LogP contribution in [-0.4, -0.2) is 28.5 Å². The molecule has 27 heavy (non-hydrogen) atoms. The third-order valence-electron chi connectivity index (χ3n) is 3.66. The molecule has 0 aliphatic rings. The summed E-state index contributed by atoms with van der Waals surface area (Å²) in [4.78, 5) is 39.2. The molecule has 1 amide bonds. The molecule has 138 valence electrons. The number of rotatable bonds is 4. The molecule has 3 rings (SSSR count). The van der Waals surface area contributed by atoms with E-state index in [0.29, 0.717) is 15.8 Å². The van der Waals surface area contributed by atoms with Gasteiger partial charge in [-0.15, -0.1) is 0 Å². The maximum absolute atomic E-state index is 12.5. The fourth-order valence-electron chi connectivity index (χ4n) is 2.38. The molecule has 0 bridgehead atoms. The van der Waals surface area contributed by atoms with Crippen LogP contribution in [0, 0.1) is 10.1 Å². The highest BCUT2D eigenvalue weighted by molar-refractivity contribution is 9.10. The van der Waals surface area contributed by atoms with Gasteiger partial charge in [0.25, 0.3) is 11.6 Å². The van der Waals surface area contributed by atoms with Gasteiger partial charge in [0.15, 0.2) is 4.80 Å². The van der Waals surface area contributed by atoms with Crippen molar-refractivity contribution < 1.29 is 19.2 Å². The van der Waals surface area contributed by atoms with Crippen LogP contribution in [0.5, 0.6) is 0 Å². The second kappa shape index (κ2) is 7.80. The number of hydrogen-bond acceptors (Lipinski definition) is 6. The minimum absolute atomic E-state index is 0.121. The van der Waals surface area contributed by atoms with Crippen molar-refractivity contribution in [1.82, 2.24) is 4.57 Å². The van der Waals surface area contributed by atoms with Gasteiger partial charge in [-0.2, -0.15) is 4.99 Å². The van der Waals surface area contributed by atoms with Crippen LogP contribution in [0.2, 0.25) is 0 Å². The average molecular weight is 450 g/mol. The van der Waals surface area contributed by atoms with Gasteiger partial charge >= 0.3 is 5.97 Å². The van der Waals surface area contributed by atoms with E-state index in [2.05, 4.69) is 25.7 Å². The molecule has 0 aliphatic carbocycles. The lowest BCUT2D eigenvalue weighted by Crippen LogP contribution is -2.22. The number of halogens is 1. The lowest BCUT2D eigenvalue weighted by Gasteiger charge is -2.03. The van der Waals surface area contributed by atoms with E-state index in [0.717, 1.165) is 15.8 Å². The van der Waals surface area contributed by atoms with Crippen LogP contribution in [0.1, 0.15) is 10.4 Å². The number of nitrogens with zero attached hydrogens (tertiary/aromatic N) is 3. The standard InChI is InChI=1S/C17H12BrN3O5S/c1-26-15(22)9-20-13-8-12(21(24)25)5-6-14(13)27-17(20)19-16(23)10-3-2-4-11(18)7-10/h2-8H,9H2,1H3. The molecule has 1 heterocycles. The number of aromatic nitrogens is 1. The third-order valence-corrected chi connectivity index (χ3v) is 5.21. The number of ether oxygens (including phenoxy) is 1. The number of esters is 1. The third kappa shape index (κ3) is 4.12. The SMILES string of the molecule is COC(=O)Cn1c(=NC(=O)c2cccc(Br)c2)sc2ccc([N+](=O)[O-])cc21. The Bertz CT molecular complexity index is 1140. The summed E-state index contributed by atoms with van der Waals surface area (Å²) in [6.07, 6.45) is 0. The van der Waals surface area contributed by atoms with Crippen molar-refractivity contribution in [3.05, 3.63) is 67.4 Å². The van der Waals surface area contributed by atoms with Crippen LogP contribution in [0.3, 0.4) is 0 Å². The molecule has 0 fully saturated rings. The number of thiazole rings is 1. The van der Waals surface area contributed by atoms with Gasteiger partial charge in [-0.25, -0.2) is 0 Å². The number of amides is 1. The smallest absolute Gasteiger partial charge is 0.325 e. The average Bonchev–Trinajstić information content (AvgIpc) is 2.97. The Labute approximate surface area is 165 Å². The van der Waals surface area contributed by atoms with Gasteiger partial charge in [0.1, 0.15) is 6.54 Å². The Hall–Kier alpha value is -2.85. The van der Waals surface area contributed by atoms with E-state index < -0.39 is 16.8 Å². The molecule has 0 N–H and O–H groups in total. The van der Waals surface area contributed by atoms with Crippen LogP contribution < -0.4 is 4.80 Å². The van der Waals surface area contributed by atoms with E-state index in [-0.39, 0.29) is 17.0 Å². The molecular formula is C17H12BrN3O5S. The second-order valence-corrected chi connectivity index (χ2v) is 7.31. The number of methoxy groups -OCH3 is 1. The molecule has 1 aromatic heterocycles. The van der Waals surface area contributed by atoms with Crippen molar-refractivity contribution in [2.75, 3.05) is 7.11 Å². The number of benzene rings is 2. The Morgan fingerprint density at radius 2 is 2.07 bits per heavy atom. The highest BCUT2D eigenvalue weighted by Gasteiger charge is 2.16. The summed E-state index contributed by atoms with van der Waals surface area (Å²) in [5.41, 5.74) is 0.682. The lowest BCUT2D eigenvalue weighted by molar-refractivity contribution is -0.384. The Balaban J connectivity index is 2.18. The first-order chi connectivity index (χ1) is 12.9. The summed E-state index contributed by atoms with van der Waals surface area (Å²) >= 11 is 4.46. The number of nitro benzene ring substituents is 1. The van der Waals surface area contributed by atoms with Crippen LogP contribution in [0.15, 0.2) is 51.9 Å².